The zero-order valence-electron chi connectivity index (χ0n) is 16.7. The molecule has 1 fully saturated rings. The van der Waals surface area contributed by atoms with Gasteiger partial charge in [-0.1, -0.05) is 18.2 Å². The molecule has 0 bridgehead atoms. The minimum atomic E-state index is -0.525. The third-order valence-corrected chi connectivity index (χ3v) is 5.04. The largest absolute Gasteiger partial charge is 0.493 e. The van der Waals surface area contributed by atoms with E-state index in [1.54, 1.807) is 48.3 Å². The summed E-state index contributed by atoms with van der Waals surface area (Å²) in [5, 5.41) is 0. The number of carbonyl (C=O) groups excluding carboxylic acids is 2. The van der Waals surface area contributed by atoms with Crippen LogP contribution in [0.4, 0.5) is 4.39 Å². The van der Waals surface area contributed by atoms with E-state index in [0.29, 0.717) is 44.1 Å². The molecule has 0 N–H and O–H groups in total. The molecule has 0 atom stereocenters. The van der Waals surface area contributed by atoms with E-state index in [1.807, 2.05) is 6.07 Å². The van der Waals surface area contributed by atoms with Crippen LogP contribution in [0, 0.1) is 5.82 Å². The van der Waals surface area contributed by atoms with E-state index in [9.17, 15) is 14.0 Å². The molecule has 7 heteroatoms. The predicted molar refractivity (Wildman–Crippen MR) is 107 cm³/mol. The van der Waals surface area contributed by atoms with Crippen molar-refractivity contribution in [1.82, 2.24) is 9.80 Å². The number of halogens is 1. The number of hydrogen-bond acceptors (Lipinski definition) is 4. The molecule has 29 heavy (non-hydrogen) atoms. The van der Waals surface area contributed by atoms with Gasteiger partial charge in [-0.2, -0.15) is 0 Å². The second-order valence-corrected chi connectivity index (χ2v) is 6.87. The molecule has 2 aromatic carbocycles. The van der Waals surface area contributed by atoms with Crippen molar-refractivity contribution in [3.8, 4) is 11.5 Å². The second-order valence-electron chi connectivity index (χ2n) is 6.87. The normalized spacial score (nSPS) is 14.3. The van der Waals surface area contributed by atoms with E-state index in [-0.39, 0.29) is 23.8 Å². The van der Waals surface area contributed by atoms with Gasteiger partial charge in [0.2, 0.25) is 5.91 Å². The summed E-state index contributed by atoms with van der Waals surface area (Å²) in [7, 11) is 3.12. The molecular formula is C22H25FN2O4. The van der Waals surface area contributed by atoms with Gasteiger partial charge < -0.3 is 19.3 Å². The van der Waals surface area contributed by atoms with Crippen molar-refractivity contribution in [1.29, 1.82) is 0 Å². The number of ether oxygens (including phenoxy) is 2. The van der Waals surface area contributed by atoms with Crippen LogP contribution in [-0.2, 0) is 11.2 Å². The minimum absolute atomic E-state index is 0.0163. The van der Waals surface area contributed by atoms with Gasteiger partial charge >= 0.3 is 0 Å². The number of methoxy groups -OCH3 is 2. The van der Waals surface area contributed by atoms with Crippen LogP contribution in [0.25, 0.3) is 0 Å². The maximum Gasteiger partial charge on any atom is 0.256 e. The van der Waals surface area contributed by atoms with E-state index in [1.165, 1.54) is 12.1 Å². The lowest BCUT2D eigenvalue weighted by atomic mass is 10.1. The van der Waals surface area contributed by atoms with Crippen LogP contribution in [0.1, 0.15) is 22.3 Å². The van der Waals surface area contributed by atoms with Crippen molar-refractivity contribution in [3.63, 3.8) is 0 Å². The van der Waals surface area contributed by atoms with Gasteiger partial charge in [-0.15, -0.1) is 0 Å². The van der Waals surface area contributed by atoms with E-state index in [4.69, 9.17) is 9.47 Å². The summed E-state index contributed by atoms with van der Waals surface area (Å²) in [5.74, 6) is 0.314. The highest BCUT2D eigenvalue weighted by Gasteiger charge is 2.24. The summed E-state index contributed by atoms with van der Waals surface area (Å²) < 4.78 is 24.4. The lowest BCUT2D eigenvalue weighted by molar-refractivity contribution is -0.130. The number of benzene rings is 2. The first kappa shape index (κ1) is 20.6. The van der Waals surface area contributed by atoms with Gasteiger partial charge in [-0.3, -0.25) is 9.59 Å². The Morgan fingerprint density at radius 2 is 1.62 bits per heavy atom. The summed E-state index contributed by atoms with van der Waals surface area (Å²) in [5.41, 5.74) is 0.897. The third kappa shape index (κ3) is 4.85. The van der Waals surface area contributed by atoms with E-state index < -0.39 is 5.82 Å². The van der Waals surface area contributed by atoms with Gasteiger partial charge in [-0.25, -0.2) is 4.39 Å². The first-order valence-corrected chi connectivity index (χ1v) is 9.56. The van der Waals surface area contributed by atoms with Gasteiger partial charge in [0.1, 0.15) is 5.82 Å². The highest BCUT2D eigenvalue weighted by molar-refractivity contribution is 5.94. The van der Waals surface area contributed by atoms with Crippen molar-refractivity contribution < 1.29 is 23.5 Å². The number of carbonyl (C=O) groups is 2. The number of nitrogens with zero attached hydrogens (tertiary/aromatic N) is 2. The topological polar surface area (TPSA) is 59.1 Å². The Balaban J connectivity index is 1.62. The molecule has 1 heterocycles. The first-order valence-electron chi connectivity index (χ1n) is 9.56. The van der Waals surface area contributed by atoms with Gasteiger partial charge in [0.05, 0.1) is 26.2 Å². The maximum absolute atomic E-state index is 13.9. The Bertz CT molecular complexity index is 887. The molecule has 0 spiro atoms. The third-order valence-electron chi connectivity index (χ3n) is 5.04. The molecule has 1 aliphatic rings. The lowest BCUT2D eigenvalue weighted by Crippen LogP contribution is -2.38. The fourth-order valence-corrected chi connectivity index (χ4v) is 3.45. The van der Waals surface area contributed by atoms with Gasteiger partial charge in [-0.05, 0) is 36.2 Å². The molecule has 0 aliphatic carbocycles. The number of amides is 2. The molecule has 1 saturated heterocycles. The van der Waals surface area contributed by atoms with Crippen molar-refractivity contribution in [2.24, 2.45) is 0 Å². The molecule has 0 saturated carbocycles. The number of hydrogen-bond donors (Lipinski definition) is 0. The predicted octanol–water partition coefficient (Wildman–Crippen LogP) is 2.76. The Morgan fingerprint density at radius 1 is 0.931 bits per heavy atom. The summed E-state index contributed by atoms with van der Waals surface area (Å²) in [6.45, 7) is 1.86. The van der Waals surface area contributed by atoms with E-state index in [2.05, 4.69) is 0 Å². The quantitative estimate of drug-likeness (QED) is 0.775. The van der Waals surface area contributed by atoms with Crippen LogP contribution >= 0.6 is 0 Å². The van der Waals surface area contributed by atoms with Crippen molar-refractivity contribution >= 4 is 11.8 Å². The molecule has 2 amide bonds. The highest BCUT2D eigenvalue weighted by atomic mass is 19.1. The molecule has 1 aliphatic heterocycles. The fourth-order valence-electron chi connectivity index (χ4n) is 3.45. The summed E-state index contributed by atoms with van der Waals surface area (Å²) in [6.07, 6.45) is 0.888. The smallest absolute Gasteiger partial charge is 0.256 e. The summed E-state index contributed by atoms with van der Waals surface area (Å²) in [6, 6.07) is 11.4. The van der Waals surface area contributed by atoms with Crippen LogP contribution in [0.5, 0.6) is 11.5 Å². The van der Waals surface area contributed by atoms with Crippen LogP contribution in [0.15, 0.2) is 42.5 Å². The minimum Gasteiger partial charge on any atom is -0.493 e. The van der Waals surface area contributed by atoms with Crippen LogP contribution < -0.4 is 9.47 Å². The molecule has 3 rings (SSSR count). The first-order chi connectivity index (χ1) is 14.0. The van der Waals surface area contributed by atoms with Crippen molar-refractivity contribution in [2.75, 3.05) is 40.4 Å². The Kier molecular flexibility index (Phi) is 6.69. The molecule has 0 unspecified atom stereocenters. The average Bonchev–Trinajstić information content (AvgIpc) is 3.00. The van der Waals surface area contributed by atoms with Gasteiger partial charge in [0.15, 0.2) is 11.5 Å². The monoisotopic (exact) mass is 400 g/mol. The Morgan fingerprint density at radius 3 is 2.34 bits per heavy atom. The fraction of sp³-hybridized carbons (Fsp3) is 0.364. The zero-order chi connectivity index (χ0) is 20.8. The summed E-state index contributed by atoms with van der Waals surface area (Å²) >= 11 is 0. The molecule has 6 nitrogen and oxygen atoms in total. The average molecular weight is 400 g/mol. The molecule has 0 aromatic heterocycles. The summed E-state index contributed by atoms with van der Waals surface area (Å²) in [4.78, 5) is 28.8. The van der Waals surface area contributed by atoms with Gasteiger partial charge in [0.25, 0.3) is 5.91 Å². The van der Waals surface area contributed by atoms with Crippen LogP contribution in [0.3, 0.4) is 0 Å². The number of rotatable bonds is 5. The SMILES string of the molecule is COc1ccc(CC(=O)N2CCCN(C(=O)c3ccccc3F)CC2)cc1OC. The Hall–Kier alpha value is -3.09. The Labute approximate surface area is 169 Å². The van der Waals surface area contributed by atoms with Crippen molar-refractivity contribution in [3.05, 3.63) is 59.4 Å². The highest BCUT2D eigenvalue weighted by Crippen LogP contribution is 2.28. The van der Waals surface area contributed by atoms with E-state index >= 15 is 0 Å². The second kappa shape index (κ2) is 9.41. The molecule has 154 valence electrons. The van der Waals surface area contributed by atoms with Crippen LogP contribution in [0.2, 0.25) is 0 Å². The molecular weight excluding hydrogens is 375 g/mol. The van der Waals surface area contributed by atoms with Crippen molar-refractivity contribution in [2.45, 2.75) is 12.8 Å². The van der Waals surface area contributed by atoms with Crippen LogP contribution in [-0.4, -0.2) is 62.0 Å². The standard InChI is InChI=1S/C22H25FN2O4/c1-28-19-9-8-16(14-20(19)29-2)15-21(26)24-10-5-11-25(13-12-24)22(27)17-6-3-4-7-18(17)23/h3-4,6-9,14H,5,10-13,15H2,1-2H3. The van der Waals surface area contributed by atoms with Gasteiger partial charge in [0, 0.05) is 26.2 Å². The maximum atomic E-state index is 13.9. The lowest BCUT2D eigenvalue weighted by Gasteiger charge is -2.22. The molecule has 2 aromatic rings. The zero-order valence-corrected chi connectivity index (χ0v) is 16.7. The molecule has 0 radical (unpaired) electrons. The van der Waals surface area contributed by atoms with E-state index in [0.717, 1.165) is 5.56 Å².